The highest BCUT2D eigenvalue weighted by Gasteiger charge is 2.37. The monoisotopic (exact) mass is 641 g/mol. The molecule has 0 bridgehead atoms. The fourth-order valence-corrected chi connectivity index (χ4v) is 7.48. The van der Waals surface area contributed by atoms with Crippen LogP contribution in [0.25, 0.3) is 21.9 Å². The number of ether oxygens (including phenoxy) is 2. The van der Waals surface area contributed by atoms with Gasteiger partial charge in [-0.25, -0.2) is 10.1 Å². The lowest BCUT2D eigenvalue weighted by Gasteiger charge is -2.28. The van der Waals surface area contributed by atoms with Crippen molar-refractivity contribution in [2.45, 2.75) is 59.4 Å². The summed E-state index contributed by atoms with van der Waals surface area (Å²) in [5.41, 5.74) is 6.96. The number of rotatable bonds is 11. The Bertz CT molecular complexity index is 1690. The highest BCUT2D eigenvalue weighted by atomic mass is 32.5. The first-order valence-corrected chi connectivity index (χ1v) is 17.2. The molecule has 2 aromatic heterocycles. The molecule has 0 unspecified atom stereocenters. The van der Waals surface area contributed by atoms with E-state index in [1.807, 2.05) is 67.8 Å². The van der Waals surface area contributed by atoms with Gasteiger partial charge in [0.1, 0.15) is 18.0 Å². The van der Waals surface area contributed by atoms with Crippen molar-refractivity contribution in [1.82, 2.24) is 24.6 Å². The molecule has 5 atom stereocenters. The third-order valence-electron chi connectivity index (χ3n) is 7.15. The Kier molecular flexibility index (Phi) is 9.43. The predicted molar refractivity (Wildman–Crippen MR) is 175 cm³/mol. The highest BCUT2D eigenvalue weighted by Crippen LogP contribution is 2.48. The summed E-state index contributed by atoms with van der Waals surface area (Å²) in [7, 11) is 1.76. The minimum absolute atomic E-state index is 0.103. The van der Waals surface area contributed by atoms with Crippen molar-refractivity contribution in [3.05, 3.63) is 48.8 Å². The summed E-state index contributed by atoms with van der Waals surface area (Å²) in [4.78, 5) is 26.0. The van der Waals surface area contributed by atoms with Crippen molar-refractivity contribution >= 4 is 58.1 Å². The van der Waals surface area contributed by atoms with E-state index in [1.54, 1.807) is 20.3 Å². The third kappa shape index (κ3) is 7.30. The molecule has 1 fully saturated rings. The zero-order valence-corrected chi connectivity index (χ0v) is 27.5. The molecule has 2 aromatic carbocycles. The first-order valence-electron chi connectivity index (χ1n) is 14.6. The number of hydrogen-bond donors (Lipinski definition) is 3. The Hall–Kier alpha value is -3.35. The number of carbonyl (C=O) groups is 1. The number of carbonyl (C=O) groups excluding carboxylic acids is 1. The van der Waals surface area contributed by atoms with Crippen LogP contribution in [-0.4, -0.2) is 57.9 Å². The molecule has 0 amide bonds. The molecule has 0 radical (unpaired) electrons. The van der Waals surface area contributed by atoms with Gasteiger partial charge in [0.2, 0.25) is 5.95 Å². The zero-order valence-electron chi connectivity index (χ0n) is 25.8. The van der Waals surface area contributed by atoms with Crippen molar-refractivity contribution in [3.8, 4) is 5.75 Å². The molecule has 0 spiro atoms. The second-order valence-corrected chi connectivity index (χ2v) is 15.4. The topological polar surface area (TPSA) is 148 Å². The number of imidazole rings is 1. The van der Waals surface area contributed by atoms with Crippen LogP contribution in [0.15, 0.2) is 48.8 Å². The van der Waals surface area contributed by atoms with Crippen LogP contribution in [0.3, 0.4) is 0 Å². The number of fused-ring (bicyclic) bond motifs is 2. The Morgan fingerprint density at radius 2 is 1.98 bits per heavy atom. The molecule has 3 heterocycles. The van der Waals surface area contributed by atoms with E-state index in [9.17, 15) is 4.79 Å². The number of anilines is 2. The maximum atomic E-state index is 12.9. The number of nitrogens with zero attached hydrogens (tertiary/aromatic N) is 4. The van der Waals surface area contributed by atoms with E-state index in [0.29, 0.717) is 29.2 Å². The van der Waals surface area contributed by atoms with Gasteiger partial charge in [-0.2, -0.15) is 9.97 Å². The molecule has 44 heavy (non-hydrogen) atoms. The van der Waals surface area contributed by atoms with Crippen LogP contribution in [0, 0.1) is 11.3 Å². The maximum Gasteiger partial charge on any atom is 0.323 e. The molecule has 1 saturated heterocycles. The van der Waals surface area contributed by atoms with Crippen LogP contribution in [0.1, 0.15) is 47.3 Å². The molecule has 4 N–H and O–H groups in total. The van der Waals surface area contributed by atoms with Crippen molar-refractivity contribution in [1.29, 1.82) is 0 Å². The van der Waals surface area contributed by atoms with Gasteiger partial charge in [0.15, 0.2) is 17.0 Å². The summed E-state index contributed by atoms with van der Waals surface area (Å²) in [6.07, 6.45) is 1.71. The maximum absolute atomic E-state index is 12.9. The molecule has 0 saturated carbocycles. The van der Waals surface area contributed by atoms with Gasteiger partial charge in [-0.1, -0.05) is 64.1 Å². The Morgan fingerprint density at radius 3 is 2.73 bits per heavy atom. The SMILES string of the molecule is CNc1nc(N)nc2c1ncn2[C@@H]1O[C@H](CO[P@@](=S)(N[C@H](C)C(=O)OCC(C)(C)C)Oc2cccc3ccccc23)C[C@@H]1C. The van der Waals surface area contributed by atoms with Gasteiger partial charge < -0.3 is 29.6 Å². The zero-order chi connectivity index (χ0) is 31.6. The molecule has 1 aliphatic heterocycles. The number of benzene rings is 2. The molecular formula is C30H40N7O5PS. The lowest BCUT2D eigenvalue weighted by molar-refractivity contribution is -0.148. The van der Waals surface area contributed by atoms with Gasteiger partial charge in [0.25, 0.3) is 0 Å². The average Bonchev–Trinajstić information content (AvgIpc) is 3.56. The number of esters is 1. The number of aromatic nitrogens is 4. The van der Waals surface area contributed by atoms with Crippen LogP contribution in [-0.2, 0) is 30.6 Å². The van der Waals surface area contributed by atoms with E-state index in [1.165, 1.54) is 0 Å². The molecule has 1 aliphatic rings. The molecule has 5 rings (SSSR count). The summed E-state index contributed by atoms with van der Waals surface area (Å²) in [6, 6.07) is 12.8. The Labute approximate surface area is 262 Å². The molecule has 236 valence electrons. The molecular weight excluding hydrogens is 601 g/mol. The van der Waals surface area contributed by atoms with E-state index in [2.05, 4.69) is 32.3 Å². The minimum atomic E-state index is -3.29. The van der Waals surface area contributed by atoms with Gasteiger partial charge in [-0.15, -0.1) is 0 Å². The van der Waals surface area contributed by atoms with Gasteiger partial charge >= 0.3 is 12.6 Å². The lowest BCUT2D eigenvalue weighted by Crippen LogP contribution is -2.36. The van der Waals surface area contributed by atoms with Gasteiger partial charge in [-0.3, -0.25) is 9.36 Å². The number of nitrogen functional groups attached to an aromatic ring is 1. The molecule has 14 heteroatoms. The van der Waals surface area contributed by atoms with Crippen molar-refractivity contribution in [2.75, 3.05) is 31.3 Å². The molecule has 12 nitrogen and oxygen atoms in total. The van der Waals surface area contributed by atoms with Crippen molar-refractivity contribution in [3.63, 3.8) is 0 Å². The number of nitrogens with one attached hydrogen (secondary N) is 2. The number of hydrogen-bond acceptors (Lipinski definition) is 11. The van der Waals surface area contributed by atoms with E-state index in [0.717, 1.165) is 10.8 Å². The minimum Gasteiger partial charge on any atom is -0.464 e. The summed E-state index contributed by atoms with van der Waals surface area (Å²) in [5, 5.41) is 8.05. The summed E-state index contributed by atoms with van der Waals surface area (Å²) in [6.45, 7) is 6.92. The largest absolute Gasteiger partial charge is 0.464 e. The van der Waals surface area contributed by atoms with E-state index in [4.69, 9.17) is 36.1 Å². The number of nitrogens with two attached hydrogens (primary N) is 1. The van der Waals surface area contributed by atoms with Crippen molar-refractivity contribution < 1.29 is 23.3 Å². The fraction of sp³-hybridized carbons (Fsp3) is 0.467. The van der Waals surface area contributed by atoms with Crippen LogP contribution < -0.4 is 20.7 Å². The Morgan fingerprint density at radius 1 is 1.23 bits per heavy atom. The van der Waals surface area contributed by atoms with E-state index in [-0.39, 0.29) is 42.8 Å². The van der Waals surface area contributed by atoms with Gasteiger partial charge in [0, 0.05) is 18.4 Å². The normalized spacial score (nSPS) is 20.8. The van der Waals surface area contributed by atoms with Crippen LogP contribution in [0.4, 0.5) is 11.8 Å². The predicted octanol–water partition coefficient (Wildman–Crippen LogP) is 5.41. The third-order valence-corrected chi connectivity index (χ3v) is 9.64. The fourth-order valence-electron chi connectivity index (χ4n) is 5.04. The molecule has 4 aromatic rings. The van der Waals surface area contributed by atoms with E-state index < -0.39 is 18.7 Å². The van der Waals surface area contributed by atoms with Crippen LogP contribution in [0.2, 0.25) is 0 Å². The first-order chi connectivity index (χ1) is 20.9. The van der Waals surface area contributed by atoms with E-state index >= 15 is 0 Å². The summed E-state index contributed by atoms with van der Waals surface area (Å²) < 4.78 is 26.7. The summed E-state index contributed by atoms with van der Waals surface area (Å²) in [5.74, 6) is 0.923. The Balaban J connectivity index is 1.35. The summed E-state index contributed by atoms with van der Waals surface area (Å²) >= 11 is 6.02. The highest BCUT2D eigenvalue weighted by molar-refractivity contribution is 8.09. The first kappa shape index (κ1) is 32.1. The smallest absolute Gasteiger partial charge is 0.323 e. The lowest BCUT2D eigenvalue weighted by atomic mass is 9.99. The second kappa shape index (κ2) is 12.9. The van der Waals surface area contributed by atoms with Crippen molar-refractivity contribution in [2.24, 2.45) is 11.3 Å². The quantitative estimate of drug-likeness (QED) is 0.142. The average molecular weight is 642 g/mol. The van der Waals surface area contributed by atoms with Gasteiger partial charge in [-0.05, 0) is 42.0 Å². The van der Waals surface area contributed by atoms with Crippen LogP contribution >= 0.6 is 6.64 Å². The second-order valence-electron chi connectivity index (χ2n) is 12.2. The molecule has 0 aliphatic carbocycles. The van der Waals surface area contributed by atoms with Gasteiger partial charge in [0.05, 0.1) is 25.6 Å². The van der Waals surface area contributed by atoms with Crippen LogP contribution in [0.5, 0.6) is 5.75 Å². The standard InChI is InChI=1S/C30H40N7O5PS/c1-18-14-21(41-27(18)37-17-33-24-25(32-6)34-29(31)35-26(24)37)15-40-43(44,36-19(2)28(38)39-16-30(3,4)5)42-23-13-9-11-20-10-7-8-12-22(20)23/h7-13,17-19,21,27H,14-16H2,1-6H3,(H,36,44)(H3,31,32,34,35)/t18-,19+,21-,27+,43-/m0/s1.